The van der Waals surface area contributed by atoms with Gasteiger partial charge in [-0.1, -0.05) is 6.92 Å². The van der Waals surface area contributed by atoms with Gasteiger partial charge in [-0.2, -0.15) is 0 Å². The normalized spacial score (nSPS) is 11.9. The molecule has 0 saturated carbocycles. The fourth-order valence-corrected chi connectivity index (χ4v) is 2.87. The number of hydrogen-bond donors (Lipinski definition) is 0. The molecule has 0 unspecified atom stereocenters. The van der Waals surface area contributed by atoms with Crippen molar-refractivity contribution >= 4 is 8.56 Å². The van der Waals surface area contributed by atoms with Crippen LogP contribution in [0.1, 0.15) is 18.4 Å². The molecule has 0 saturated heterocycles. The van der Waals surface area contributed by atoms with Crippen molar-refractivity contribution in [3.05, 3.63) is 48.3 Å². The predicted molar refractivity (Wildman–Crippen MR) is 69.1 cm³/mol. The maximum absolute atomic E-state index is 5.90. The lowest BCUT2D eigenvalue weighted by Crippen LogP contribution is -2.37. The van der Waals surface area contributed by atoms with Gasteiger partial charge in [-0.05, 0) is 36.9 Å². The molecular formula is C13H18O4Si. The molecule has 0 N–H and O–H groups in total. The zero-order chi connectivity index (χ0) is 12.8. The molecule has 2 heterocycles. The quantitative estimate of drug-likeness (QED) is 0.717. The van der Waals surface area contributed by atoms with E-state index >= 15 is 0 Å². The zero-order valence-electron chi connectivity index (χ0n) is 10.7. The summed E-state index contributed by atoms with van der Waals surface area (Å²) in [5, 5.41) is 0. The van der Waals surface area contributed by atoms with E-state index in [1.807, 2.05) is 24.3 Å². The van der Waals surface area contributed by atoms with Crippen LogP contribution in [-0.2, 0) is 22.1 Å². The first-order valence-electron chi connectivity index (χ1n) is 6.04. The molecule has 0 amide bonds. The summed E-state index contributed by atoms with van der Waals surface area (Å²) in [6.07, 6.45) is 3.29. The van der Waals surface area contributed by atoms with Gasteiger partial charge in [-0.15, -0.1) is 0 Å². The molecule has 2 aromatic heterocycles. The van der Waals surface area contributed by atoms with E-state index in [1.54, 1.807) is 12.5 Å². The zero-order valence-corrected chi connectivity index (χ0v) is 11.7. The van der Waals surface area contributed by atoms with Crippen LogP contribution in [-0.4, -0.2) is 8.56 Å². The van der Waals surface area contributed by atoms with Crippen molar-refractivity contribution in [1.29, 1.82) is 0 Å². The minimum atomic E-state index is -2.16. The van der Waals surface area contributed by atoms with E-state index in [1.165, 1.54) is 0 Å². The second kappa shape index (κ2) is 6.04. The second-order valence-electron chi connectivity index (χ2n) is 4.22. The van der Waals surface area contributed by atoms with Gasteiger partial charge in [0.05, 0.1) is 25.7 Å². The molecule has 0 radical (unpaired) electrons. The Morgan fingerprint density at radius 1 is 1.00 bits per heavy atom. The number of furan rings is 2. The lowest BCUT2D eigenvalue weighted by Gasteiger charge is -2.24. The summed E-state index contributed by atoms with van der Waals surface area (Å²) in [7, 11) is -2.16. The molecule has 0 aromatic carbocycles. The van der Waals surface area contributed by atoms with Crippen molar-refractivity contribution in [3.8, 4) is 0 Å². The van der Waals surface area contributed by atoms with E-state index in [-0.39, 0.29) is 0 Å². The molecular weight excluding hydrogens is 248 g/mol. The largest absolute Gasteiger partial charge is 0.467 e. The van der Waals surface area contributed by atoms with Gasteiger partial charge in [-0.25, -0.2) is 0 Å². The van der Waals surface area contributed by atoms with Crippen LogP contribution in [0, 0.1) is 0 Å². The van der Waals surface area contributed by atoms with Crippen LogP contribution < -0.4 is 0 Å². The Morgan fingerprint density at radius 3 is 1.83 bits per heavy atom. The van der Waals surface area contributed by atoms with Gasteiger partial charge in [0.2, 0.25) is 0 Å². The van der Waals surface area contributed by atoms with Gasteiger partial charge in [0.1, 0.15) is 11.5 Å². The average Bonchev–Trinajstić information content (AvgIpc) is 3.06. The summed E-state index contributed by atoms with van der Waals surface area (Å²) >= 11 is 0. The van der Waals surface area contributed by atoms with Crippen molar-refractivity contribution in [2.45, 2.75) is 32.7 Å². The van der Waals surface area contributed by atoms with Crippen molar-refractivity contribution in [2.75, 3.05) is 0 Å². The summed E-state index contributed by atoms with van der Waals surface area (Å²) in [5.74, 6) is 1.65. The molecule has 0 fully saturated rings. The maximum Gasteiger partial charge on any atom is 0.335 e. The second-order valence-corrected chi connectivity index (χ2v) is 7.78. The first-order valence-corrected chi connectivity index (χ1v) is 8.57. The van der Waals surface area contributed by atoms with Crippen molar-refractivity contribution < 1.29 is 17.7 Å². The van der Waals surface area contributed by atoms with Crippen molar-refractivity contribution in [1.82, 2.24) is 0 Å². The molecule has 98 valence electrons. The van der Waals surface area contributed by atoms with Crippen molar-refractivity contribution in [2.24, 2.45) is 0 Å². The Morgan fingerprint density at radius 2 is 1.50 bits per heavy atom. The number of rotatable bonds is 7. The Labute approximate surface area is 108 Å². The van der Waals surface area contributed by atoms with Crippen LogP contribution in [0.15, 0.2) is 45.6 Å². The highest BCUT2D eigenvalue weighted by Crippen LogP contribution is 2.18. The molecule has 18 heavy (non-hydrogen) atoms. The minimum absolute atomic E-state index is 0.460. The highest BCUT2D eigenvalue weighted by atomic mass is 28.4. The van der Waals surface area contributed by atoms with E-state index in [2.05, 4.69) is 13.5 Å². The van der Waals surface area contributed by atoms with Crippen LogP contribution in [0.4, 0.5) is 0 Å². The summed E-state index contributed by atoms with van der Waals surface area (Å²) in [4.78, 5) is 0. The fraction of sp³-hybridized carbons (Fsp3) is 0.385. The molecule has 0 aliphatic rings. The van der Waals surface area contributed by atoms with Gasteiger partial charge in [0.25, 0.3) is 0 Å². The summed E-state index contributed by atoms with van der Waals surface area (Å²) in [5.41, 5.74) is 0. The van der Waals surface area contributed by atoms with E-state index in [9.17, 15) is 0 Å². The van der Waals surface area contributed by atoms with Gasteiger partial charge in [0, 0.05) is 0 Å². The van der Waals surface area contributed by atoms with Gasteiger partial charge < -0.3 is 17.7 Å². The van der Waals surface area contributed by atoms with E-state index < -0.39 is 8.56 Å². The maximum atomic E-state index is 5.90. The molecule has 0 atom stereocenters. The Hall–Kier alpha value is -1.30. The molecule has 0 spiro atoms. The number of hydrogen-bond acceptors (Lipinski definition) is 4. The minimum Gasteiger partial charge on any atom is -0.467 e. The summed E-state index contributed by atoms with van der Waals surface area (Å²) < 4.78 is 22.3. The van der Waals surface area contributed by atoms with Crippen LogP contribution in [0.2, 0.25) is 12.6 Å². The lowest BCUT2D eigenvalue weighted by atomic mass is 10.5. The smallest absolute Gasteiger partial charge is 0.335 e. The van der Waals surface area contributed by atoms with Crippen LogP contribution >= 0.6 is 0 Å². The molecule has 5 heteroatoms. The molecule has 0 aliphatic carbocycles. The summed E-state index contributed by atoms with van der Waals surface area (Å²) in [6, 6.07) is 8.39. The third-order valence-electron chi connectivity index (χ3n) is 2.84. The van der Waals surface area contributed by atoms with Crippen LogP contribution in [0.25, 0.3) is 0 Å². The highest BCUT2D eigenvalue weighted by Gasteiger charge is 2.30. The third kappa shape index (κ3) is 3.59. The molecule has 2 aromatic rings. The predicted octanol–water partition coefficient (Wildman–Crippen LogP) is 3.70. The first-order chi connectivity index (χ1) is 8.72. The van der Waals surface area contributed by atoms with Gasteiger partial charge in [0.15, 0.2) is 0 Å². The lowest BCUT2D eigenvalue weighted by molar-refractivity contribution is 0.140. The highest BCUT2D eigenvalue weighted by molar-refractivity contribution is 6.65. The Bertz CT molecular complexity index is 397. The Balaban J connectivity index is 1.84. The average molecular weight is 266 g/mol. The Kier molecular flexibility index (Phi) is 4.41. The SMILES string of the molecule is CC[Si](C)(OCc1ccco1)OCc1ccco1. The molecule has 0 bridgehead atoms. The molecule has 2 rings (SSSR count). The fourth-order valence-electron chi connectivity index (χ4n) is 1.48. The van der Waals surface area contributed by atoms with E-state index in [0.29, 0.717) is 13.2 Å². The van der Waals surface area contributed by atoms with E-state index in [0.717, 1.165) is 17.6 Å². The van der Waals surface area contributed by atoms with Crippen LogP contribution in [0.3, 0.4) is 0 Å². The van der Waals surface area contributed by atoms with E-state index in [4.69, 9.17) is 17.7 Å². The summed E-state index contributed by atoms with van der Waals surface area (Å²) in [6.45, 7) is 5.05. The van der Waals surface area contributed by atoms with Gasteiger partial charge >= 0.3 is 8.56 Å². The monoisotopic (exact) mass is 266 g/mol. The van der Waals surface area contributed by atoms with Crippen LogP contribution in [0.5, 0.6) is 0 Å². The third-order valence-corrected chi connectivity index (χ3v) is 5.64. The molecule has 4 nitrogen and oxygen atoms in total. The molecule has 0 aliphatic heterocycles. The first kappa shape index (κ1) is 13.1. The topological polar surface area (TPSA) is 44.7 Å². The standard InChI is InChI=1S/C13H18O4Si/c1-3-18(2,16-10-12-6-4-8-14-12)17-11-13-7-5-9-15-13/h4-9H,3,10-11H2,1-2H3. The van der Waals surface area contributed by atoms with Gasteiger partial charge in [-0.3, -0.25) is 0 Å². The van der Waals surface area contributed by atoms with Crippen molar-refractivity contribution in [3.63, 3.8) is 0 Å².